The van der Waals surface area contributed by atoms with Gasteiger partial charge in [0.1, 0.15) is 0 Å². The van der Waals surface area contributed by atoms with Gasteiger partial charge in [0.2, 0.25) is 0 Å². The molecular formula is C14H20N2O3. The molecule has 0 heterocycles. The first-order chi connectivity index (χ1) is 8.93. The molecule has 0 bridgehead atoms. The first-order valence-electron chi connectivity index (χ1n) is 6.26. The highest BCUT2D eigenvalue weighted by Crippen LogP contribution is 2.31. The molecule has 1 rings (SSSR count). The van der Waals surface area contributed by atoms with Crippen LogP contribution in [0.25, 0.3) is 0 Å². The highest BCUT2D eigenvalue weighted by Gasteiger charge is 2.17. The van der Waals surface area contributed by atoms with Crippen LogP contribution in [0.2, 0.25) is 0 Å². The van der Waals surface area contributed by atoms with Gasteiger partial charge in [0.05, 0.1) is 11.0 Å². The van der Waals surface area contributed by atoms with Gasteiger partial charge in [-0.25, -0.2) is 0 Å². The van der Waals surface area contributed by atoms with E-state index in [4.69, 9.17) is 4.74 Å². The zero-order chi connectivity index (χ0) is 14.4. The number of ether oxygens (including phenoxy) is 1. The van der Waals surface area contributed by atoms with Gasteiger partial charge in [-0.15, -0.1) is 6.58 Å². The molecule has 0 saturated carbocycles. The second kappa shape index (κ2) is 6.78. The number of hydrogen-bond acceptors (Lipinski definition) is 4. The molecule has 0 saturated heterocycles. The molecule has 0 fully saturated rings. The van der Waals surface area contributed by atoms with Crippen LogP contribution in [-0.2, 0) is 0 Å². The van der Waals surface area contributed by atoms with E-state index in [1.807, 2.05) is 26.8 Å². The summed E-state index contributed by atoms with van der Waals surface area (Å²) < 4.78 is 5.49. The molecular weight excluding hydrogens is 244 g/mol. The van der Waals surface area contributed by atoms with E-state index >= 15 is 0 Å². The maximum absolute atomic E-state index is 10.9. The van der Waals surface area contributed by atoms with Crippen molar-refractivity contribution in [3.63, 3.8) is 0 Å². The smallest absolute Gasteiger partial charge is 0.311 e. The van der Waals surface area contributed by atoms with Crippen molar-refractivity contribution in [2.24, 2.45) is 0 Å². The highest BCUT2D eigenvalue weighted by atomic mass is 16.6. The van der Waals surface area contributed by atoms with Gasteiger partial charge in [-0.2, -0.15) is 0 Å². The molecule has 1 aromatic carbocycles. The van der Waals surface area contributed by atoms with E-state index in [1.54, 1.807) is 12.1 Å². The summed E-state index contributed by atoms with van der Waals surface area (Å²) in [6.45, 7) is 9.38. The van der Waals surface area contributed by atoms with E-state index < -0.39 is 4.92 Å². The van der Waals surface area contributed by atoms with E-state index in [1.165, 1.54) is 6.07 Å². The number of nitro groups is 1. The molecule has 1 N–H and O–H groups in total. The van der Waals surface area contributed by atoms with Crippen LogP contribution in [0.15, 0.2) is 30.9 Å². The number of hydrogen-bond donors (Lipinski definition) is 1. The second-order valence-corrected chi connectivity index (χ2v) is 4.68. The summed E-state index contributed by atoms with van der Waals surface area (Å²) in [5.41, 5.74) is 0.784. The molecule has 0 amide bonds. The standard InChI is InChI=1S/C14H20N2O3/c1-5-6-11(4)15-12-7-8-13(16(17)18)14(9-12)19-10(2)3/h5,7-11,15H,1,6H2,2-4H3. The Morgan fingerprint density at radius 3 is 2.68 bits per heavy atom. The van der Waals surface area contributed by atoms with Gasteiger partial charge in [-0.3, -0.25) is 10.1 Å². The lowest BCUT2D eigenvalue weighted by Crippen LogP contribution is -2.14. The summed E-state index contributed by atoms with van der Waals surface area (Å²) in [5, 5.41) is 14.2. The molecule has 5 nitrogen and oxygen atoms in total. The predicted molar refractivity (Wildman–Crippen MR) is 76.8 cm³/mol. The Bertz CT molecular complexity index is 458. The highest BCUT2D eigenvalue weighted by molar-refractivity contribution is 5.58. The van der Waals surface area contributed by atoms with Crippen LogP contribution in [0.1, 0.15) is 27.2 Å². The van der Waals surface area contributed by atoms with Crippen LogP contribution < -0.4 is 10.1 Å². The van der Waals surface area contributed by atoms with Gasteiger partial charge in [-0.1, -0.05) is 6.08 Å². The van der Waals surface area contributed by atoms with Gasteiger partial charge >= 0.3 is 5.69 Å². The van der Waals surface area contributed by atoms with Crippen molar-refractivity contribution in [3.05, 3.63) is 41.0 Å². The first-order valence-corrected chi connectivity index (χ1v) is 6.26. The molecule has 0 aromatic heterocycles. The Labute approximate surface area is 113 Å². The summed E-state index contributed by atoms with van der Waals surface area (Å²) in [7, 11) is 0. The van der Waals surface area contributed by atoms with Gasteiger partial charge < -0.3 is 10.1 Å². The van der Waals surface area contributed by atoms with Crippen molar-refractivity contribution in [1.29, 1.82) is 0 Å². The summed E-state index contributed by atoms with van der Waals surface area (Å²) in [4.78, 5) is 10.5. The van der Waals surface area contributed by atoms with Crippen molar-refractivity contribution < 1.29 is 9.66 Å². The van der Waals surface area contributed by atoms with Gasteiger partial charge in [0.25, 0.3) is 0 Å². The van der Waals surface area contributed by atoms with Crippen molar-refractivity contribution in [3.8, 4) is 5.75 Å². The Balaban J connectivity index is 2.97. The van der Waals surface area contributed by atoms with Crippen LogP contribution in [0.5, 0.6) is 5.75 Å². The predicted octanol–water partition coefficient (Wildman–Crippen LogP) is 3.76. The molecule has 0 spiro atoms. The lowest BCUT2D eigenvalue weighted by molar-refractivity contribution is -0.386. The van der Waals surface area contributed by atoms with Crippen LogP contribution in [0, 0.1) is 10.1 Å². The molecule has 1 unspecified atom stereocenters. The lowest BCUT2D eigenvalue weighted by atomic mass is 10.2. The molecule has 104 valence electrons. The van der Waals surface area contributed by atoms with Crippen LogP contribution in [0.3, 0.4) is 0 Å². The minimum Gasteiger partial charge on any atom is -0.484 e. The average Bonchev–Trinajstić information content (AvgIpc) is 2.28. The zero-order valence-corrected chi connectivity index (χ0v) is 11.6. The molecule has 0 aliphatic heterocycles. The summed E-state index contributed by atoms with van der Waals surface area (Å²) >= 11 is 0. The number of rotatable bonds is 7. The fourth-order valence-electron chi connectivity index (χ4n) is 1.70. The number of anilines is 1. The second-order valence-electron chi connectivity index (χ2n) is 4.68. The van der Waals surface area contributed by atoms with E-state index in [9.17, 15) is 10.1 Å². The van der Waals surface area contributed by atoms with Gasteiger partial charge in [0.15, 0.2) is 5.75 Å². The largest absolute Gasteiger partial charge is 0.484 e. The number of nitro benzene ring substituents is 1. The molecule has 0 radical (unpaired) electrons. The van der Waals surface area contributed by atoms with Crippen molar-refractivity contribution in [1.82, 2.24) is 0 Å². The topological polar surface area (TPSA) is 64.4 Å². The maximum atomic E-state index is 10.9. The quantitative estimate of drug-likeness (QED) is 0.462. The normalized spacial score (nSPS) is 12.0. The van der Waals surface area contributed by atoms with Crippen LogP contribution in [-0.4, -0.2) is 17.1 Å². The third kappa shape index (κ3) is 4.62. The zero-order valence-electron chi connectivity index (χ0n) is 11.6. The Kier molecular flexibility index (Phi) is 5.36. The monoisotopic (exact) mass is 264 g/mol. The fourth-order valence-corrected chi connectivity index (χ4v) is 1.70. The van der Waals surface area contributed by atoms with Crippen LogP contribution >= 0.6 is 0 Å². The minimum absolute atomic E-state index is 0.0179. The molecule has 5 heteroatoms. The number of nitrogens with one attached hydrogen (secondary N) is 1. The van der Waals surface area contributed by atoms with E-state index in [0.29, 0.717) is 0 Å². The third-order valence-electron chi connectivity index (χ3n) is 2.45. The molecule has 0 aliphatic carbocycles. The van der Waals surface area contributed by atoms with Crippen molar-refractivity contribution >= 4 is 11.4 Å². The van der Waals surface area contributed by atoms with Crippen LogP contribution in [0.4, 0.5) is 11.4 Å². The molecule has 1 atom stereocenters. The molecule has 0 aliphatic rings. The summed E-state index contributed by atoms with van der Waals surface area (Å²) in [6, 6.07) is 5.02. The fraction of sp³-hybridized carbons (Fsp3) is 0.429. The summed E-state index contributed by atoms with van der Waals surface area (Å²) in [5.74, 6) is 0.288. The average molecular weight is 264 g/mol. The van der Waals surface area contributed by atoms with Gasteiger partial charge in [0, 0.05) is 23.9 Å². The maximum Gasteiger partial charge on any atom is 0.311 e. The molecule has 19 heavy (non-hydrogen) atoms. The Morgan fingerprint density at radius 2 is 2.16 bits per heavy atom. The number of nitrogens with zero attached hydrogens (tertiary/aromatic N) is 1. The van der Waals surface area contributed by atoms with Crippen molar-refractivity contribution in [2.45, 2.75) is 39.3 Å². The van der Waals surface area contributed by atoms with E-state index in [2.05, 4.69) is 11.9 Å². The lowest BCUT2D eigenvalue weighted by Gasteiger charge is -2.15. The minimum atomic E-state index is -0.436. The third-order valence-corrected chi connectivity index (χ3v) is 2.45. The molecule has 1 aromatic rings. The SMILES string of the molecule is C=CCC(C)Nc1ccc([N+](=O)[O-])c(OC(C)C)c1. The van der Waals surface area contributed by atoms with Gasteiger partial charge in [-0.05, 0) is 33.3 Å². The Morgan fingerprint density at radius 1 is 1.47 bits per heavy atom. The van der Waals surface area contributed by atoms with Crippen molar-refractivity contribution in [2.75, 3.05) is 5.32 Å². The summed E-state index contributed by atoms with van der Waals surface area (Å²) in [6.07, 6.45) is 2.53. The number of benzene rings is 1. The first kappa shape index (κ1) is 15.0. The van der Waals surface area contributed by atoms with E-state index in [-0.39, 0.29) is 23.6 Å². The Hall–Kier alpha value is -2.04. The van der Waals surface area contributed by atoms with E-state index in [0.717, 1.165) is 12.1 Å².